The average Bonchev–Trinajstić information content (AvgIpc) is 3.27. The van der Waals surface area contributed by atoms with Crippen LogP contribution in [-0.2, 0) is 21.8 Å². The highest BCUT2D eigenvalue weighted by molar-refractivity contribution is 7.91. The van der Waals surface area contributed by atoms with Crippen molar-refractivity contribution in [3.05, 3.63) is 52.6 Å². The molecule has 7 nitrogen and oxygen atoms in total. The minimum Gasteiger partial charge on any atom is -0.361 e. The van der Waals surface area contributed by atoms with Crippen LogP contribution in [0.25, 0.3) is 11.4 Å². The molecule has 1 unspecified atom stereocenters. The number of halogens is 1. The van der Waals surface area contributed by atoms with Crippen LogP contribution in [0.4, 0.5) is 0 Å². The van der Waals surface area contributed by atoms with Crippen LogP contribution in [0, 0.1) is 6.92 Å². The maximum absolute atomic E-state index is 12.1. The topological polar surface area (TPSA) is 90.9 Å². The molecule has 0 spiro atoms. The zero-order valence-electron chi connectivity index (χ0n) is 15.0. The summed E-state index contributed by atoms with van der Waals surface area (Å²) in [6.07, 6.45) is 0.902. The Morgan fingerprint density at radius 2 is 2.15 bits per heavy atom. The molecule has 0 amide bonds. The number of hydrogen-bond acceptors (Lipinski definition) is 6. The monoisotopic (exact) mass is 406 g/mol. The van der Waals surface area contributed by atoms with E-state index in [0.717, 1.165) is 11.3 Å². The molecule has 1 aliphatic heterocycles. The standard InChI is InChI=1S/C18H19ClN4O3S/c1-12-8-15(22-26-12)10-16-20-17(13-4-3-5-14(19)9-13)21-23(16)18(2)6-7-27(24,25)11-18/h3-5,8-9H,6-7,10-11H2,1-2H3. The van der Waals surface area contributed by atoms with Gasteiger partial charge in [0.15, 0.2) is 15.7 Å². The summed E-state index contributed by atoms with van der Waals surface area (Å²) in [7, 11) is -3.09. The van der Waals surface area contributed by atoms with Crippen molar-refractivity contribution in [2.45, 2.75) is 32.2 Å². The average molecular weight is 407 g/mol. The zero-order chi connectivity index (χ0) is 19.2. The van der Waals surface area contributed by atoms with Gasteiger partial charge >= 0.3 is 0 Å². The van der Waals surface area contributed by atoms with Gasteiger partial charge in [0, 0.05) is 16.7 Å². The Labute approximate surface area is 162 Å². The molecule has 0 saturated carbocycles. The number of sulfone groups is 1. The van der Waals surface area contributed by atoms with Crippen LogP contribution in [0.3, 0.4) is 0 Å². The third-order valence-electron chi connectivity index (χ3n) is 4.77. The molecule has 3 aromatic rings. The summed E-state index contributed by atoms with van der Waals surface area (Å²) in [5, 5.41) is 9.29. The lowest BCUT2D eigenvalue weighted by atomic mass is 10.0. The SMILES string of the molecule is Cc1cc(Cc2nc(-c3cccc(Cl)c3)nn2C2(C)CCS(=O)(=O)C2)no1. The summed E-state index contributed by atoms with van der Waals surface area (Å²) in [4.78, 5) is 4.68. The maximum Gasteiger partial charge on any atom is 0.181 e. The second kappa shape index (κ2) is 6.45. The second-order valence-electron chi connectivity index (χ2n) is 7.22. The van der Waals surface area contributed by atoms with Crippen molar-refractivity contribution < 1.29 is 12.9 Å². The minimum atomic E-state index is -3.09. The van der Waals surface area contributed by atoms with Gasteiger partial charge in [-0.3, -0.25) is 0 Å². The molecule has 0 bridgehead atoms. The van der Waals surface area contributed by atoms with E-state index in [-0.39, 0.29) is 11.5 Å². The minimum absolute atomic E-state index is 0.0448. The first kappa shape index (κ1) is 18.2. The van der Waals surface area contributed by atoms with Gasteiger partial charge in [-0.05, 0) is 32.4 Å². The number of benzene rings is 1. The van der Waals surface area contributed by atoms with Gasteiger partial charge < -0.3 is 4.52 Å². The highest BCUT2D eigenvalue weighted by Gasteiger charge is 2.42. The van der Waals surface area contributed by atoms with Gasteiger partial charge in [-0.15, -0.1) is 0 Å². The predicted octanol–water partition coefficient (Wildman–Crippen LogP) is 3.02. The number of aryl methyl sites for hydroxylation is 1. The zero-order valence-corrected chi connectivity index (χ0v) is 16.6. The Kier molecular flexibility index (Phi) is 4.35. The lowest BCUT2D eigenvalue weighted by molar-refractivity contribution is 0.317. The molecular weight excluding hydrogens is 388 g/mol. The van der Waals surface area contributed by atoms with Crippen molar-refractivity contribution >= 4 is 21.4 Å². The van der Waals surface area contributed by atoms with Crippen molar-refractivity contribution in [2.24, 2.45) is 0 Å². The summed E-state index contributed by atoms with van der Waals surface area (Å²) >= 11 is 6.10. The van der Waals surface area contributed by atoms with Crippen LogP contribution in [0.2, 0.25) is 5.02 Å². The molecule has 0 aliphatic carbocycles. The third-order valence-corrected chi connectivity index (χ3v) is 6.89. The molecule has 3 heterocycles. The van der Waals surface area contributed by atoms with Gasteiger partial charge in [0.05, 0.1) is 29.2 Å². The van der Waals surface area contributed by atoms with Crippen molar-refractivity contribution in [3.8, 4) is 11.4 Å². The van der Waals surface area contributed by atoms with Gasteiger partial charge in [0.25, 0.3) is 0 Å². The fourth-order valence-corrected chi connectivity index (χ4v) is 5.76. The maximum atomic E-state index is 12.1. The van der Waals surface area contributed by atoms with Crippen molar-refractivity contribution in [1.82, 2.24) is 19.9 Å². The molecule has 27 heavy (non-hydrogen) atoms. The van der Waals surface area contributed by atoms with E-state index in [1.807, 2.05) is 32.0 Å². The first-order valence-electron chi connectivity index (χ1n) is 8.59. The Bertz CT molecular complexity index is 1110. The van der Waals surface area contributed by atoms with E-state index in [0.29, 0.717) is 35.3 Å². The summed E-state index contributed by atoms with van der Waals surface area (Å²) in [5.41, 5.74) is 0.864. The first-order chi connectivity index (χ1) is 12.7. The normalized spacial score (nSPS) is 21.6. The molecule has 4 rings (SSSR count). The van der Waals surface area contributed by atoms with Gasteiger partial charge in [-0.25, -0.2) is 18.1 Å². The highest BCUT2D eigenvalue weighted by atomic mass is 35.5. The Balaban J connectivity index is 1.80. The number of rotatable bonds is 4. The molecular formula is C18H19ClN4O3S. The molecule has 2 aromatic heterocycles. The molecule has 1 aliphatic rings. The van der Waals surface area contributed by atoms with Crippen molar-refractivity contribution in [1.29, 1.82) is 0 Å². The molecule has 1 fully saturated rings. The van der Waals surface area contributed by atoms with E-state index in [9.17, 15) is 8.42 Å². The number of nitrogens with zero attached hydrogens (tertiary/aromatic N) is 4. The van der Waals surface area contributed by atoms with E-state index in [1.54, 1.807) is 16.8 Å². The van der Waals surface area contributed by atoms with Gasteiger partial charge in [-0.1, -0.05) is 28.9 Å². The molecule has 0 N–H and O–H groups in total. The summed E-state index contributed by atoms with van der Waals surface area (Å²) in [5.74, 6) is 2.07. The molecule has 9 heteroatoms. The first-order valence-corrected chi connectivity index (χ1v) is 10.8. The van der Waals surface area contributed by atoms with Crippen molar-refractivity contribution in [3.63, 3.8) is 0 Å². The predicted molar refractivity (Wildman–Crippen MR) is 101 cm³/mol. The van der Waals surface area contributed by atoms with E-state index in [2.05, 4.69) is 15.2 Å². The summed E-state index contributed by atoms with van der Waals surface area (Å²) in [6.45, 7) is 3.73. The van der Waals surface area contributed by atoms with E-state index in [1.165, 1.54) is 0 Å². The lowest BCUT2D eigenvalue weighted by Gasteiger charge is -2.24. The summed E-state index contributed by atoms with van der Waals surface area (Å²) in [6, 6.07) is 9.13. The molecule has 0 radical (unpaired) electrons. The Morgan fingerprint density at radius 1 is 1.33 bits per heavy atom. The van der Waals surface area contributed by atoms with Gasteiger partial charge in [0.2, 0.25) is 0 Å². The fraction of sp³-hybridized carbons (Fsp3) is 0.389. The Hall–Kier alpha value is -2.19. The van der Waals surface area contributed by atoms with E-state index in [4.69, 9.17) is 16.1 Å². The lowest BCUT2D eigenvalue weighted by Crippen LogP contribution is -2.34. The Morgan fingerprint density at radius 3 is 2.78 bits per heavy atom. The van der Waals surface area contributed by atoms with Gasteiger partial charge in [0.1, 0.15) is 11.6 Å². The van der Waals surface area contributed by atoms with E-state index >= 15 is 0 Å². The van der Waals surface area contributed by atoms with E-state index < -0.39 is 15.4 Å². The number of aromatic nitrogens is 4. The molecule has 1 saturated heterocycles. The van der Waals surface area contributed by atoms with Crippen LogP contribution >= 0.6 is 11.6 Å². The number of hydrogen-bond donors (Lipinski definition) is 0. The van der Waals surface area contributed by atoms with Crippen LogP contribution in [0.15, 0.2) is 34.9 Å². The largest absolute Gasteiger partial charge is 0.361 e. The molecule has 142 valence electrons. The summed E-state index contributed by atoms with van der Waals surface area (Å²) < 4.78 is 31.1. The van der Waals surface area contributed by atoms with Crippen molar-refractivity contribution in [2.75, 3.05) is 11.5 Å². The third kappa shape index (κ3) is 3.64. The molecule has 1 atom stereocenters. The van der Waals surface area contributed by atoms with Crippen LogP contribution in [-0.4, -0.2) is 39.8 Å². The van der Waals surface area contributed by atoms with Crippen LogP contribution in [0.5, 0.6) is 0 Å². The highest BCUT2D eigenvalue weighted by Crippen LogP contribution is 2.33. The van der Waals surface area contributed by atoms with Crippen LogP contribution < -0.4 is 0 Å². The van der Waals surface area contributed by atoms with Crippen LogP contribution in [0.1, 0.15) is 30.6 Å². The smallest absolute Gasteiger partial charge is 0.181 e. The quantitative estimate of drug-likeness (QED) is 0.661. The fourth-order valence-electron chi connectivity index (χ4n) is 3.46. The second-order valence-corrected chi connectivity index (χ2v) is 9.84. The molecule has 1 aromatic carbocycles. The van der Waals surface area contributed by atoms with Gasteiger partial charge in [-0.2, -0.15) is 5.10 Å².